The van der Waals surface area contributed by atoms with E-state index in [0.717, 1.165) is 5.56 Å². The van der Waals surface area contributed by atoms with Crippen molar-refractivity contribution in [3.8, 4) is 11.5 Å². The van der Waals surface area contributed by atoms with Gasteiger partial charge >= 0.3 is 5.69 Å². The Kier molecular flexibility index (Phi) is 4.70. The third-order valence-electron chi connectivity index (χ3n) is 3.72. The quantitative estimate of drug-likeness (QED) is 0.534. The fraction of sp³-hybridized carbons (Fsp3) is 0.158. The molecule has 0 bridgehead atoms. The average molecular weight is 338 g/mol. The van der Waals surface area contributed by atoms with Crippen molar-refractivity contribution in [1.82, 2.24) is 9.97 Å². The van der Waals surface area contributed by atoms with Gasteiger partial charge in [0.2, 0.25) is 0 Å². The first-order chi connectivity index (χ1) is 12.1. The summed E-state index contributed by atoms with van der Waals surface area (Å²) in [5.74, 6) is 1.12. The molecule has 0 saturated heterocycles. The molecule has 0 atom stereocenters. The Labute approximate surface area is 144 Å². The van der Waals surface area contributed by atoms with Crippen LogP contribution in [0, 0.1) is 0 Å². The zero-order valence-corrected chi connectivity index (χ0v) is 14.0. The number of carbonyl (C=O) groups is 1. The topological polar surface area (TPSA) is 84.2 Å². The first kappa shape index (κ1) is 16.6. The average Bonchev–Trinajstić information content (AvgIpc) is 2.99. The molecule has 6 heteroatoms. The largest absolute Gasteiger partial charge is 0.493 e. The lowest BCUT2D eigenvalue weighted by Crippen LogP contribution is -1.99. The molecule has 0 aliphatic carbocycles. The highest BCUT2D eigenvalue weighted by Crippen LogP contribution is 2.28. The fourth-order valence-electron chi connectivity index (χ4n) is 2.52. The summed E-state index contributed by atoms with van der Waals surface area (Å²) in [6, 6.07) is 10.5. The van der Waals surface area contributed by atoms with Crippen molar-refractivity contribution in [3.63, 3.8) is 0 Å². The SMILES string of the molecule is CCOc1ccc(/C=C/C(=O)c2ccc3[nH]c(=O)[nH]c3c2)cc1OC. The molecule has 0 unspecified atom stereocenters. The van der Waals surface area contributed by atoms with Gasteiger partial charge in [0.15, 0.2) is 17.3 Å². The Bertz CT molecular complexity index is 998. The molecule has 0 radical (unpaired) electrons. The number of hydrogen-bond donors (Lipinski definition) is 2. The van der Waals surface area contributed by atoms with Gasteiger partial charge in [0.1, 0.15) is 0 Å². The van der Waals surface area contributed by atoms with Crippen LogP contribution in [0.2, 0.25) is 0 Å². The van der Waals surface area contributed by atoms with Gasteiger partial charge in [-0.3, -0.25) is 4.79 Å². The smallest absolute Gasteiger partial charge is 0.323 e. The molecule has 2 aromatic carbocycles. The third kappa shape index (κ3) is 3.63. The predicted octanol–water partition coefficient (Wildman–Crippen LogP) is 3.16. The lowest BCUT2D eigenvalue weighted by atomic mass is 10.1. The molecule has 1 aromatic heterocycles. The van der Waals surface area contributed by atoms with Crippen molar-refractivity contribution >= 4 is 22.9 Å². The Hall–Kier alpha value is -3.28. The highest BCUT2D eigenvalue weighted by atomic mass is 16.5. The van der Waals surface area contributed by atoms with E-state index in [9.17, 15) is 9.59 Å². The molecule has 0 amide bonds. The van der Waals surface area contributed by atoms with Gasteiger partial charge in [-0.15, -0.1) is 0 Å². The van der Waals surface area contributed by atoms with Crippen molar-refractivity contribution in [3.05, 3.63) is 64.1 Å². The van der Waals surface area contributed by atoms with E-state index in [1.807, 2.05) is 25.1 Å². The standard InChI is InChI=1S/C19H18N2O4/c1-3-25-17-9-5-12(10-18(17)24-2)4-8-16(22)13-6-7-14-15(11-13)21-19(23)20-14/h4-11H,3H2,1-2H3,(H2,20,21,23)/b8-4+. The van der Waals surface area contributed by atoms with E-state index < -0.39 is 0 Å². The van der Waals surface area contributed by atoms with Crippen LogP contribution in [0.25, 0.3) is 17.1 Å². The van der Waals surface area contributed by atoms with Gasteiger partial charge in [-0.05, 0) is 48.9 Å². The maximum Gasteiger partial charge on any atom is 0.323 e. The number of carbonyl (C=O) groups excluding carboxylic acids is 1. The number of benzene rings is 2. The number of imidazole rings is 1. The summed E-state index contributed by atoms with van der Waals surface area (Å²) in [7, 11) is 1.57. The molecule has 0 aliphatic heterocycles. The van der Waals surface area contributed by atoms with Crippen LogP contribution < -0.4 is 15.2 Å². The summed E-state index contributed by atoms with van der Waals surface area (Å²) in [6.45, 7) is 2.45. The molecule has 2 N–H and O–H groups in total. The zero-order valence-electron chi connectivity index (χ0n) is 14.0. The summed E-state index contributed by atoms with van der Waals surface area (Å²) in [6.07, 6.45) is 3.20. The van der Waals surface area contributed by atoms with Crippen LogP contribution in [0.5, 0.6) is 11.5 Å². The van der Waals surface area contributed by atoms with E-state index in [-0.39, 0.29) is 11.5 Å². The van der Waals surface area contributed by atoms with Gasteiger partial charge in [0.25, 0.3) is 0 Å². The van der Waals surface area contributed by atoms with E-state index in [1.165, 1.54) is 6.08 Å². The second-order valence-corrected chi connectivity index (χ2v) is 5.38. The van der Waals surface area contributed by atoms with Gasteiger partial charge in [0, 0.05) is 5.56 Å². The minimum Gasteiger partial charge on any atom is -0.493 e. The number of ether oxygens (including phenoxy) is 2. The summed E-state index contributed by atoms with van der Waals surface area (Å²) >= 11 is 0. The Balaban J connectivity index is 1.82. The molecule has 6 nitrogen and oxygen atoms in total. The van der Waals surface area contributed by atoms with Crippen LogP contribution in [0.4, 0.5) is 0 Å². The molecule has 3 rings (SSSR count). The van der Waals surface area contributed by atoms with Crippen molar-refractivity contribution in [2.45, 2.75) is 6.92 Å². The van der Waals surface area contributed by atoms with E-state index in [0.29, 0.717) is 34.7 Å². The van der Waals surface area contributed by atoms with Crippen LogP contribution in [0.15, 0.2) is 47.3 Å². The number of aromatic nitrogens is 2. The summed E-state index contributed by atoms with van der Waals surface area (Å²) < 4.78 is 10.8. The first-order valence-corrected chi connectivity index (χ1v) is 7.86. The molecular formula is C19H18N2O4. The molecule has 1 heterocycles. The lowest BCUT2D eigenvalue weighted by Gasteiger charge is -2.09. The van der Waals surface area contributed by atoms with Gasteiger partial charge in [-0.25, -0.2) is 4.79 Å². The van der Waals surface area contributed by atoms with Gasteiger partial charge < -0.3 is 19.4 Å². The summed E-state index contributed by atoms with van der Waals surface area (Å²) in [5.41, 5.74) is 2.30. The van der Waals surface area contributed by atoms with Crippen molar-refractivity contribution in [2.75, 3.05) is 13.7 Å². The number of ketones is 1. The van der Waals surface area contributed by atoms with Crippen LogP contribution in [0.3, 0.4) is 0 Å². The summed E-state index contributed by atoms with van der Waals surface area (Å²) in [5, 5.41) is 0. The second kappa shape index (κ2) is 7.09. The van der Waals surface area contributed by atoms with Gasteiger partial charge in [-0.1, -0.05) is 12.1 Å². The maximum atomic E-state index is 12.3. The van der Waals surface area contributed by atoms with Crippen molar-refractivity contribution < 1.29 is 14.3 Å². The fourth-order valence-corrected chi connectivity index (χ4v) is 2.52. The van der Waals surface area contributed by atoms with Crippen LogP contribution in [-0.4, -0.2) is 29.5 Å². The van der Waals surface area contributed by atoms with E-state index in [1.54, 1.807) is 31.4 Å². The van der Waals surface area contributed by atoms with Gasteiger partial charge in [0.05, 0.1) is 24.8 Å². The number of rotatable bonds is 6. The molecule has 128 valence electrons. The highest BCUT2D eigenvalue weighted by molar-refractivity contribution is 6.08. The number of aromatic amines is 2. The minimum atomic E-state index is -0.295. The summed E-state index contributed by atoms with van der Waals surface area (Å²) in [4.78, 5) is 28.9. The van der Waals surface area contributed by atoms with E-state index in [2.05, 4.69) is 9.97 Å². The predicted molar refractivity (Wildman–Crippen MR) is 96.4 cm³/mol. The lowest BCUT2D eigenvalue weighted by molar-refractivity contribution is 0.104. The molecule has 0 spiro atoms. The van der Waals surface area contributed by atoms with Crippen LogP contribution in [0.1, 0.15) is 22.8 Å². The van der Waals surface area contributed by atoms with Crippen LogP contribution in [-0.2, 0) is 0 Å². The second-order valence-electron chi connectivity index (χ2n) is 5.38. The Morgan fingerprint density at radius 3 is 2.64 bits per heavy atom. The molecule has 0 saturated carbocycles. The number of H-pyrrole nitrogens is 2. The number of hydrogen-bond acceptors (Lipinski definition) is 4. The monoisotopic (exact) mass is 338 g/mol. The number of nitrogens with one attached hydrogen (secondary N) is 2. The molecule has 0 aliphatic rings. The Morgan fingerprint density at radius 2 is 1.88 bits per heavy atom. The maximum absolute atomic E-state index is 12.3. The minimum absolute atomic E-state index is 0.156. The third-order valence-corrected chi connectivity index (χ3v) is 3.72. The highest BCUT2D eigenvalue weighted by Gasteiger charge is 2.07. The molecule has 0 fully saturated rings. The molecule has 3 aromatic rings. The van der Waals surface area contributed by atoms with Crippen LogP contribution >= 0.6 is 0 Å². The molecular weight excluding hydrogens is 320 g/mol. The molecule has 25 heavy (non-hydrogen) atoms. The van der Waals surface area contributed by atoms with E-state index >= 15 is 0 Å². The van der Waals surface area contributed by atoms with E-state index in [4.69, 9.17) is 9.47 Å². The van der Waals surface area contributed by atoms with Gasteiger partial charge in [-0.2, -0.15) is 0 Å². The first-order valence-electron chi connectivity index (χ1n) is 7.86. The number of methoxy groups -OCH3 is 1. The van der Waals surface area contributed by atoms with Crippen molar-refractivity contribution in [2.24, 2.45) is 0 Å². The number of allylic oxidation sites excluding steroid dienone is 1. The zero-order chi connectivity index (χ0) is 17.8. The Morgan fingerprint density at radius 1 is 1.08 bits per heavy atom. The van der Waals surface area contributed by atoms with Crippen molar-refractivity contribution in [1.29, 1.82) is 0 Å². The number of fused-ring (bicyclic) bond motifs is 1. The normalized spacial score (nSPS) is 11.1.